The molecule has 0 bridgehead atoms. The predicted octanol–water partition coefficient (Wildman–Crippen LogP) is 2.65. The summed E-state index contributed by atoms with van der Waals surface area (Å²) in [6.45, 7) is 8.22. The Morgan fingerprint density at radius 3 is 2.50 bits per heavy atom. The highest BCUT2D eigenvalue weighted by Crippen LogP contribution is 2.36. The lowest BCUT2D eigenvalue weighted by Gasteiger charge is -2.35. The fraction of sp³-hybridized carbons (Fsp3) is 0.846. The van der Waals surface area contributed by atoms with Gasteiger partial charge in [0.1, 0.15) is 0 Å². The van der Waals surface area contributed by atoms with Crippen LogP contribution >= 0.6 is 0 Å². The summed E-state index contributed by atoms with van der Waals surface area (Å²) in [5.41, 5.74) is 1.19. The van der Waals surface area contributed by atoms with E-state index in [1.165, 1.54) is 5.57 Å². The van der Waals surface area contributed by atoms with Crippen LogP contribution in [0.2, 0.25) is 0 Å². The molecule has 0 aromatic rings. The van der Waals surface area contributed by atoms with E-state index < -0.39 is 0 Å². The van der Waals surface area contributed by atoms with Gasteiger partial charge in [0.05, 0.1) is 25.9 Å². The molecule has 0 aromatic heterocycles. The molecular weight excluding hydrogens is 204 g/mol. The Kier molecular flexibility index (Phi) is 4.00. The van der Waals surface area contributed by atoms with Gasteiger partial charge in [-0.25, -0.2) is 0 Å². The minimum Gasteiger partial charge on any atom is -0.378 e. The van der Waals surface area contributed by atoms with Gasteiger partial charge in [0.25, 0.3) is 0 Å². The molecule has 3 nitrogen and oxygen atoms in total. The van der Waals surface area contributed by atoms with Crippen molar-refractivity contribution in [1.29, 1.82) is 0 Å². The molecule has 3 heteroatoms. The molecule has 1 spiro atoms. The van der Waals surface area contributed by atoms with Gasteiger partial charge in [-0.3, -0.25) is 0 Å². The van der Waals surface area contributed by atoms with Crippen LogP contribution in [0.1, 0.15) is 39.0 Å². The van der Waals surface area contributed by atoms with E-state index >= 15 is 0 Å². The van der Waals surface area contributed by atoms with Gasteiger partial charge >= 0.3 is 0 Å². The van der Waals surface area contributed by atoms with Gasteiger partial charge < -0.3 is 14.2 Å². The smallest absolute Gasteiger partial charge is 0.168 e. The van der Waals surface area contributed by atoms with Crippen LogP contribution in [0.15, 0.2) is 12.2 Å². The number of hydrogen-bond acceptors (Lipinski definition) is 3. The Morgan fingerprint density at radius 1 is 1.31 bits per heavy atom. The van der Waals surface area contributed by atoms with Gasteiger partial charge in [0, 0.05) is 12.8 Å². The van der Waals surface area contributed by atoms with Crippen molar-refractivity contribution in [3.8, 4) is 0 Å². The summed E-state index contributed by atoms with van der Waals surface area (Å²) < 4.78 is 17.2. The lowest BCUT2D eigenvalue weighted by molar-refractivity contribution is -0.191. The first-order valence-electron chi connectivity index (χ1n) is 6.24. The molecule has 2 fully saturated rings. The molecule has 2 rings (SSSR count). The van der Waals surface area contributed by atoms with Crippen molar-refractivity contribution in [1.82, 2.24) is 0 Å². The SMILES string of the molecule is C=C(C)CCOC1CCC2(CC1)OCCO2. The van der Waals surface area contributed by atoms with Gasteiger partial charge in [0.15, 0.2) is 5.79 Å². The Labute approximate surface area is 97.8 Å². The number of hydrogen-bond donors (Lipinski definition) is 0. The van der Waals surface area contributed by atoms with E-state index in [1.807, 2.05) is 6.92 Å². The van der Waals surface area contributed by atoms with Crippen molar-refractivity contribution >= 4 is 0 Å². The number of ether oxygens (including phenoxy) is 3. The first kappa shape index (κ1) is 12.1. The second kappa shape index (κ2) is 5.30. The fourth-order valence-corrected chi connectivity index (χ4v) is 2.38. The Balaban J connectivity index is 1.67. The fourth-order valence-electron chi connectivity index (χ4n) is 2.38. The van der Waals surface area contributed by atoms with Crippen LogP contribution in [0, 0.1) is 0 Å². The minimum atomic E-state index is -0.256. The van der Waals surface area contributed by atoms with E-state index in [-0.39, 0.29) is 5.79 Å². The van der Waals surface area contributed by atoms with Crippen LogP contribution in [0.4, 0.5) is 0 Å². The van der Waals surface area contributed by atoms with Crippen LogP contribution < -0.4 is 0 Å². The molecule has 0 unspecified atom stereocenters. The van der Waals surface area contributed by atoms with E-state index in [2.05, 4.69) is 6.58 Å². The quantitative estimate of drug-likeness (QED) is 0.690. The number of rotatable bonds is 4. The van der Waals surface area contributed by atoms with Gasteiger partial charge in [0.2, 0.25) is 0 Å². The average Bonchev–Trinajstić information content (AvgIpc) is 2.70. The van der Waals surface area contributed by atoms with Gasteiger partial charge in [-0.1, -0.05) is 5.57 Å². The highest BCUT2D eigenvalue weighted by atomic mass is 16.7. The van der Waals surface area contributed by atoms with Crippen LogP contribution in [0.25, 0.3) is 0 Å². The summed E-state index contributed by atoms with van der Waals surface area (Å²) in [5, 5.41) is 0. The molecule has 0 amide bonds. The van der Waals surface area contributed by atoms with Gasteiger partial charge in [-0.05, 0) is 26.2 Å². The van der Waals surface area contributed by atoms with Crippen molar-refractivity contribution in [3.63, 3.8) is 0 Å². The van der Waals surface area contributed by atoms with Crippen LogP contribution in [0.5, 0.6) is 0 Å². The molecule has 0 aromatic carbocycles. The molecule has 1 heterocycles. The maximum Gasteiger partial charge on any atom is 0.168 e. The molecule has 0 N–H and O–H groups in total. The van der Waals surface area contributed by atoms with Crippen LogP contribution in [-0.2, 0) is 14.2 Å². The molecule has 1 saturated heterocycles. The maximum atomic E-state index is 5.82. The molecular formula is C13H22O3. The van der Waals surface area contributed by atoms with Crippen molar-refractivity contribution in [2.24, 2.45) is 0 Å². The molecule has 1 aliphatic carbocycles. The summed E-state index contributed by atoms with van der Waals surface area (Å²) in [5.74, 6) is -0.256. The molecule has 92 valence electrons. The van der Waals surface area contributed by atoms with Crippen molar-refractivity contribution < 1.29 is 14.2 Å². The van der Waals surface area contributed by atoms with E-state index in [1.54, 1.807) is 0 Å². The lowest BCUT2D eigenvalue weighted by Crippen LogP contribution is -2.37. The molecule has 2 aliphatic rings. The van der Waals surface area contributed by atoms with Gasteiger partial charge in [-0.15, -0.1) is 6.58 Å². The topological polar surface area (TPSA) is 27.7 Å². The molecule has 0 atom stereocenters. The highest BCUT2D eigenvalue weighted by Gasteiger charge is 2.40. The maximum absolute atomic E-state index is 5.82. The molecule has 16 heavy (non-hydrogen) atoms. The lowest BCUT2D eigenvalue weighted by atomic mass is 9.92. The molecule has 0 radical (unpaired) electrons. The second-order valence-corrected chi connectivity index (χ2v) is 4.88. The van der Waals surface area contributed by atoms with Crippen molar-refractivity contribution in [2.75, 3.05) is 19.8 Å². The standard InChI is InChI=1S/C13H22O3/c1-11(2)5-8-14-12-3-6-13(7-4-12)15-9-10-16-13/h12H,1,3-10H2,2H3. The summed E-state index contributed by atoms with van der Waals surface area (Å²) in [6, 6.07) is 0. The van der Waals surface area contributed by atoms with E-state index in [9.17, 15) is 0 Å². The third-order valence-corrected chi connectivity index (χ3v) is 3.39. The van der Waals surface area contributed by atoms with Crippen molar-refractivity contribution in [3.05, 3.63) is 12.2 Å². The zero-order valence-electron chi connectivity index (χ0n) is 10.2. The zero-order chi connectivity index (χ0) is 11.4. The Hall–Kier alpha value is -0.380. The predicted molar refractivity (Wildman–Crippen MR) is 62.3 cm³/mol. The first-order valence-corrected chi connectivity index (χ1v) is 6.24. The van der Waals surface area contributed by atoms with E-state index in [0.29, 0.717) is 6.10 Å². The van der Waals surface area contributed by atoms with E-state index in [4.69, 9.17) is 14.2 Å². The minimum absolute atomic E-state index is 0.256. The monoisotopic (exact) mass is 226 g/mol. The molecule has 1 saturated carbocycles. The van der Waals surface area contributed by atoms with Crippen molar-refractivity contribution in [2.45, 2.75) is 50.9 Å². The second-order valence-electron chi connectivity index (χ2n) is 4.88. The summed E-state index contributed by atoms with van der Waals surface area (Å²) in [7, 11) is 0. The molecule has 1 aliphatic heterocycles. The first-order chi connectivity index (χ1) is 7.70. The van der Waals surface area contributed by atoms with Crippen LogP contribution in [0.3, 0.4) is 0 Å². The van der Waals surface area contributed by atoms with Gasteiger partial charge in [-0.2, -0.15) is 0 Å². The summed E-state index contributed by atoms with van der Waals surface area (Å²) in [6.07, 6.45) is 5.41. The largest absolute Gasteiger partial charge is 0.378 e. The Morgan fingerprint density at radius 2 is 1.94 bits per heavy atom. The van der Waals surface area contributed by atoms with Crippen LogP contribution in [-0.4, -0.2) is 31.7 Å². The zero-order valence-corrected chi connectivity index (χ0v) is 10.2. The van der Waals surface area contributed by atoms with E-state index in [0.717, 1.165) is 51.9 Å². The highest BCUT2D eigenvalue weighted by molar-refractivity contribution is 4.88. The average molecular weight is 226 g/mol. The third kappa shape index (κ3) is 3.06. The summed E-state index contributed by atoms with van der Waals surface area (Å²) in [4.78, 5) is 0. The Bertz CT molecular complexity index is 234. The summed E-state index contributed by atoms with van der Waals surface area (Å²) >= 11 is 0. The third-order valence-electron chi connectivity index (χ3n) is 3.39. The normalized spacial score (nSPS) is 25.1.